The summed E-state index contributed by atoms with van der Waals surface area (Å²) in [4.78, 5) is 22.4. The summed E-state index contributed by atoms with van der Waals surface area (Å²) in [5.74, 6) is -1.84. The van der Waals surface area contributed by atoms with Crippen molar-refractivity contribution in [1.29, 1.82) is 0 Å². The molecule has 1 aromatic carbocycles. The molecule has 0 aliphatic carbocycles. The van der Waals surface area contributed by atoms with Gasteiger partial charge in [0.05, 0.1) is 0 Å². The fraction of sp³-hybridized carbons (Fsp3) is 0. The van der Waals surface area contributed by atoms with Crippen LogP contribution in [0.25, 0.3) is 0 Å². The van der Waals surface area contributed by atoms with Crippen LogP contribution < -0.4 is 5.73 Å². The van der Waals surface area contributed by atoms with Crippen molar-refractivity contribution in [2.75, 3.05) is 0 Å². The number of amides is 2. The third kappa shape index (κ3) is 3.20. The van der Waals surface area contributed by atoms with Crippen molar-refractivity contribution in [2.24, 2.45) is 5.73 Å². The zero-order valence-corrected chi connectivity index (χ0v) is 10.3. The Morgan fingerprint density at radius 3 is 1.72 bits per heavy atom. The molecule has 0 saturated carbocycles. The average molecular weight is 292 g/mol. The molecule has 2 amide bonds. The van der Waals surface area contributed by atoms with Crippen molar-refractivity contribution in [1.82, 2.24) is 3.71 Å². The summed E-state index contributed by atoms with van der Waals surface area (Å²) in [7, 11) is 0. The second-order valence-electron chi connectivity index (χ2n) is 2.97. The summed E-state index contributed by atoms with van der Waals surface area (Å²) in [5.41, 5.74) is 4.98. The lowest BCUT2D eigenvalue weighted by molar-refractivity contribution is 0.0917. The van der Waals surface area contributed by atoms with Crippen LogP contribution in [0.4, 0.5) is 0 Å². The van der Waals surface area contributed by atoms with E-state index in [9.17, 15) is 18.0 Å². The molecule has 0 aromatic heterocycles. The van der Waals surface area contributed by atoms with Crippen molar-refractivity contribution < 1.29 is 27.1 Å². The van der Waals surface area contributed by atoms with E-state index in [2.05, 4.69) is 0 Å². The van der Waals surface area contributed by atoms with E-state index in [0.717, 1.165) is 12.1 Å². The highest BCUT2D eigenvalue weighted by atomic mass is 32.3. The first-order valence-electron chi connectivity index (χ1n) is 4.31. The fourth-order valence-electron chi connectivity index (χ4n) is 1.08. The van der Waals surface area contributed by atoms with Crippen LogP contribution in [0.15, 0.2) is 24.3 Å². The van der Waals surface area contributed by atoms with Gasteiger partial charge in [0.1, 0.15) is 0 Å². The summed E-state index contributed by atoms with van der Waals surface area (Å²) in [5, 5.41) is 0. The zero-order chi connectivity index (χ0) is 13.9. The number of hydrogen-bond donors (Lipinski definition) is 3. The Morgan fingerprint density at radius 1 is 1.00 bits per heavy atom. The average Bonchev–Trinajstić information content (AvgIpc) is 2.28. The molecule has 2 atom stereocenters. The van der Waals surface area contributed by atoms with Gasteiger partial charge in [-0.3, -0.25) is 18.7 Å². The molecule has 18 heavy (non-hydrogen) atoms. The van der Waals surface area contributed by atoms with Crippen molar-refractivity contribution in [2.45, 2.75) is 0 Å². The molecule has 1 rings (SSSR count). The minimum Gasteiger partial charge on any atom is -0.366 e. The molecule has 0 aliphatic rings. The first-order chi connectivity index (χ1) is 8.34. The molecule has 0 saturated heterocycles. The van der Waals surface area contributed by atoms with Gasteiger partial charge in [0.25, 0.3) is 28.4 Å². The van der Waals surface area contributed by atoms with Crippen LogP contribution in [0.3, 0.4) is 0 Å². The van der Waals surface area contributed by atoms with Crippen LogP contribution in [0.2, 0.25) is 0 Å². The van der Waals surface area contributed by atoms with Crippen molar-refractivity contribution in [3.05, 3.63) is 35.4 Å². The number of benzene rings is 1. The molecule has 0 fully saturated rings. The van der Waals surface area contributed by atoms with Crippen LogP contribution in [-0.2, 0) is 22.5 Å². The third-order valence-electron chi connectivity index (χ3n) is 1.87. The van der Waals surface area contributed by atoms with Crippen LogP contribution in [-0.4, -0.2) is 33.0 Å². The highest BCUT2D eigenvalue weighted by Crippen LogP contribution is 2.10. The highest BCUT2D eigenvalue weighted by molar-refractivity contribution is 7.93. The van der Waals surface area contributed by atoms with Crippen molar-refractivity contribution in [3.63, 3.8) is 0 Å². The molecule has 0 radical (unpaired) electrons. The number of nitrogens with two attached hydrogens (primary N) is 1. The fourth-order valence-corrected chi connectivity index (χ4v) is 2.01. The standard InChI is InChI=1S/C8H8N2O6S2/c9-7(11)5-1-3-6(4-2-5)8(12)10(17(13)14)18(15)16/h1-4H,(H2,9,11)(H,13,14)(H,15,16). The van der Waals surface area contributed by atoms with E-state index in [0.29, 0.717) is 0 Å². The van der Waals surface area contributed by atoms with Gasteiger partial charge in [0, 0.05) is 11.1 Å². The quantitative estimate of drug-likeness (QED) is 0.639. The van der Waals surface area contributed by atoms with Gasteiger partial charge >= 0.3 is 0 Å². The molecule has 2 unspecified atom stereocenters. The Morgan fingerprint density at radius 2 is 1.39 bits per heavy atom. The van der Waals surface area contributed by atoms with Crippen LogP contribution in [0.1, 0.15) is 20.7 Å². The lowest BCUT2D eigenvalue weighted by Crippen LogP contribution is -2.33. The number of primary amides is 1. The second-order valence-corrected chi connectivity index (χ2v) is 4.85. The third-order valence-corrected chi connectivity index (χ3v) is 3.53. The summed E-state index contributed by atoms with van der Waals surface area (Å²) in [6.07, 6.45) is 0. The summed E-state index contributed by atoms with van der Waals surface area (Å²) in [6.45, 7) is 0. The Bertz CT molecular complexity index is 515. The van der Waals surface area contributed by atoms with Gasteiger partial charge in [-0.2, -0.15) is 0 Å². The van der Waals surface area contributed by atoms with Gasteiger partial charge in [-0.1, -0.05) is 0 Å². The molecule has 0 heterocycles. The molecule has 1 aromatic rings. The number of hydrogen-bond acceptors (Lipinski definition) is 4. The van der Waals surface area contributed by atoms with Gasteiger partial charge in [-0.15, -0.1) is 3.71 Å². The maximum atomic E-state index is 11.6. The minimum atomic E-state index is -2.94. The SMILES string of the molecule is NC(=O)c1ccc(C(=O)N(S(=O)O)S(=O)O)cc1. The smallest absolute Gasteiger partial charge is 0.281 e. The monoisotopic (exact) mass is 292 g/mol. The Kier molecular flexibility index (Phi) is 4.67. The number of rotatable bonds is 4. The highest BCUT2D eigenvalue weighted by Gasteiger charge is 2.26. The topological polar surface area (TPSA) is 138 Å². The van der Waals surface area contributed by atoms with E-state index in [1.165, 1.54) is 12.1 Å². The summed E-state index contributed by atoms with van der Waals surface area (Å²) >= 11 is -5.87. The molecular weight excluding hydrogens is 284 g/mol. The lowest BCUT2D eigenvalue weighted by atomic mass is 10.1. The molecular formula is C8H8N2O6S2. The van der Waals surface area contributed by atoms with Crippen LogP contribution in [0, 0.1) is 0 Å². The second kappa shape index (κ2) is 5.82. The van der Waals surface area contributed by atoms with Gasteiger partial charge in [-0.25, -0.2) is 8.42 Å². The summed E-state index contributed by atoms with van der Waals surface area (Å²) < 4.78 is 38.7. The van der Waals surface area contributed by atoms with E-state index in [1.807, 2.05) is 0 Å². The van der Waals surface area contributed by atoms with Gasteiger partial charge in [-0.05, 0) is 24.3 Å². The first kappa shape index (κ1) is 14.4. The largest absolute Gasteiger partial charge is 0.366 e. The molecule has 4 N–H and O–H groups in total. The molecule has 0 aliphatic heterocycles. The van der Waals surface area contributed by atoms with E-state index < -0.39 is 34.3 Å². The minimum absolute atomic E-state index is 0.133. The Balaban J connectivity index is 3.06. The molecule has 0 bridgehead atoms. The first-order valence-corrected chi connectivity index (χ1v) is 6.43. The Labute approximate surface area is 107 Å². The van der Waals surface area contributed by atoms with Crippen molar-refractivity contribution >= 4 is 34.3 Å². The molecule has 0 spiro atoms. The molecule has 98 valence electrons. The van der Waals surface area contributed by atoms with Crippen molar-refractivity contribution in [3.8, 4) is 0 Å². The van der Waals surface area contributed by atoms with Crippen LogP contribution >= 0.6 is 0 Å². The maximum Gasteiger partial charge on any atom is 0.281 e. The molecule has 10 heteroatoms. The van der Waals surface area contributed by atoms with E-state index in [4.69, 9.17) is 14.8 Å². The maximum absolute atomic E-state index is 11.6. The predicted octanol–water partition coefficient (Wildman–Crippen LogP) is -0.499. The van der Waals surface area contributed by atoms with Gasteiger partial charge in [0.2, 0.25) is 5.91 Å². The summed E-state index contributed by atoms with van der Waals surface area (Å²) in [6, 6.07) is 4.73. The normalized spacial score (nSPS) is 13.7. The zero-order valence-electron chi connectivity index (χ0n) is 8.68. The van der Waals surface area contributed by atoms with Gasteiger partial charge in [0.15, 0.2) is 0 Å². The lowest BCUT2D eigenvalue weighted by Gasteiger charge is -2.12. The number of carbonyl (C=O) groups excluding carboxylic acids is 2. The Hall–Kier alpha value is -1.62. The van der Waals surface area contributed by atoms with E-state index in [-0.39, 0.29) is 14.8 Å². The number of nitrogens with zero attached hydrogens (tertiary/aromatic N) is 1. The van der Waals surface area contributed by atoms with Crippen LogP contribution in [0.5, 0.6) is 0 Å². The van der Waals surface area contributed by atoms with E-state index in [1.54, 1.807) is 0 Å². The van der Waals surface area contributed by atoms with Gasteiger partial charge < -0.3 is 5.73 Å². The van der Waals surface area contributed by atoms with E-state index >= 15 is 0 Å². The predicted molar refractivity (Wildman–Crippen MR) is 62.7 cm³/mol. The molecule has 8 nitrogen and oxygen atoms in total. The number of carbonyl (C=O) groups is 2.